The fraction of sp³-hybridized carbons (Fsp3) is 0.400. The first-order valence-electron chi connectivity index (χ1n) is 9.34. The number of carbonyl (C=O) groups excluding carboxylic acids is 2. The summed E-state index contributed by atoms with van der Waals surface area (Å²) in [5.74, 6) is -0.0462. The van der Waals surface area contributed by atoms with E-state index < -0.39 is 0 Å². The van der Waals surface area contributed by atoms with Crippen LogP contribution in [-0.2, 0) is 4.74 Å². The number of amides is 1. The number of nitrogens with one attached hydrogen (secondary N) is 2. The molecule has 7 heteroatoms. The van der Waals surface area contributed by atoms with Crippen molar-refractivity contribution in [1.82, 2.24) is 10.2 Å². The maximum Gasteiger partial charge on any atom is 0.338 e. The van der Waals surface area contributed by atoms with Crippen LogP contribution in [0, 0.1) is 0 Å². The van der Waals surface area contributed by atoms with E-state index in [2.05, 4.69) is 20.8 Å². The Balaban J connectivity index is 1.56. The van der Waals surface area contributed by atoms with Crippen LogP contribution in [0.2, 0.25) is 0 Å². The zero-order valence-corrected chi connectivity index (χ0v) is 15.4. The van der Waals surface area contributed by atoms with E-state index in [1.54, 1.807) is 43.3 Å². The first kappa shape index (κ1) is 18.8. The van der Waals surface area contributed by atoms with Gasteiger partial charge in [-0.15, -0.1) is 10.2 Å². The molecule has 1 heterocycles. The van der Waals surface area contributed by atoms with E-state index in [4.69, 9.17) is 4.74 Å². The highest BCUT2D eigenvalue weighted by Crippen LogP contribution is 2.20. The lowest BCUT2D eigenvalue weighted by molar-refractivity contribution is 0.0526. The molecular weight excluding hydrogens is 344 g/mol. The van der Waals surface area contributed by atoms with Gasteiger partial charge < -0.3 is 15.4 Å². The third-order valence-electron chi connectivity index (χ3n) is 4.51. The number of benzene rings is 1. The van der Waals surface area contributed by atoms with Crippen LogP contribution >= 0.6 is 0 Å². The number of nitrogens with zero attached hydrogens (tertiary/aromatic N) is 2. The van der Waals surface area contributed by atoms with E-state index >= 15 is 0 Å². The van der Waals surface area contributed by atoms with Crippen molar-refractivity contribution in [2.24, 2.45) is 0 Å². The fourth-order valence-corrected chi connectivity index (χ4v) is 3.09. The van der Waals surface area contributed by atoms with Crippen LogP contribution < -0.4 is 10.6 Å². The molecule has 1 aromatic carbocycles. The third-order valence-corrected chi connectivity index (χ3v) is 4.51. The minimum Gasteiger partial charge on any atom is -0.462 e. The van der Waals surface area contributed by atoms with Crippen molar-refractivity contribution in [1.29, 1.82) is 0 Å². The summed E-state index contributed by atoms with van der Waals surface area (Å²) in [5, 5.41) is 14.2. The summed E-state index contributed by atoms with van der Waals surface area (Å²) in [6.45, 7) is 2.07. The molecule has 7 nitrogen and oxygen atoms in total. The summed E-state index contributed by atoms with van der Waals surface area (Å²) in [7, 11) is 0. The summed E-state index contributed by atoms with van der Waals surface area (Å²) < 4.78 is 4.93. The molecule has 1 saturated carbocycles. The van der Waals surface area contributed by atoms with Crippen LogP contribution in [0.5, 0.6) is 0 Å². The second-order valence-corrected chi connectivity index (χ2v) is 6.54. The zero-order valence-electron chi connectivity index (χ0n) is 15.4. The van der Waals surface area contributed by atoms with Gasteiger partial charge in [0.1, 0.15) is 5.82 Å². The Morgan fingerprint density at radius 3 is 2.41 bits per heavy atom. The highest BCUT2D eigenvalue weighted by molar-refractivity contribution is 6.03. The molecule has 0 atom stereocenters. The third kappa shape index (κ3) is 5.26. The lowest BCUT2D eigenvalue weighted by Gasteiger charge is -2.22. The Morgan fingerprint density at radius 2 is 1.78 bits per heavy atom. The average molecular weight is 368 g/mol. The minimum absolute atomic E-state index is 0.235. The number of rotatable bonds is 6. The molecule has 2 N–H and O–H groups in total. The van der Waals surface area contributed by atoms with E-state index in [0.717, 1.165) is 12.8 Å². The predicted molar refractivity (Wildman–Crippen MR) is 103 cm³/mol. The fourth-order valence-electron chi connectivity index (χ4n) is 3.09. The van der Waals surface area contributed by atoms with Gasteiger partial charge in [-0.1, -0.05) is 19.3 Å². The van der Waals surface area contributed by atoms with E-state index in [0.29, 0.717) is 29.7 Å². The number of ether oxygens (including phenoxy) is 1. The van der Waals surface area contributed by atoms with Crippen LogP contribution in [0.4, 0.5) is 11.5 Å². The largest absolute Gasteiger partial charge is 0.462 e. The lowest BCUT2D eigenvalue weighted by atomic mass is 9.95. The summed E-state index contributed by atoms with van der Waals surface area (Å²) in [4.78, 5) is 24.0. The van der Waals surface area contributed by atoms with Gasteiger partial charge in [0.15, 0.2) is 5.69 Å². The van der Waals surface area contributed by atoms with Crippen molar-refractivity contribution in [2.75, 3.05) is 17.2 Å². The number of aromatic nitrogens is 2. The van der Waals surface area contributed by atoms with Gasteiger partial charge in [-0.2, -0.15) is 0 Å². The van der Waals surface area contributed by atoms with Crippen molar-refractivity contribution >= 4 is 23.4 Å². The van der Waals surface area contributed by atoms with Crippen molar-refractivity contribution in [3.8, 4) is 0 Å². The van der Waals surface area contributed by atoms with Crippen molar-refractivity contribution in [2.45, 2.75) is 45.1 Å². The van der Waals surface area contributed by atoms with E-state index in [1.807, 2.05) is 0 Å². The molecule has 1 aromatic heterocycles. The quantitative estimate of drug-likeness (QED) is 0.756. The molecular formula is C20H24N4O3. The highest BCUT2D eigenvalue weighted by atomic mass is 16.5. The zero-order chi connectivity index (χ0) is 19.1. The molecule has 0 unspecified atom stereocenters. The van der Waals surface area contributed by atoms with E-state index in [-0.39, 0.29) is 17.6 Å². The second kappa shape index (κ2) is 9.12. The van der Waals surface area contributed by atoms with E-state index in [1.165, 1.54) is 19.3 Å². The molecule has 1 aliphatic carbocycles. The monoisotopic (exact) mass is 368 g/mol. The first-order valence-corrected chi connectivity index (χ1v) is 9.34. The summed E-state index contributed by atoms with van der Waals surface area (Å²) in [6.07, 6.45) is 6.06. The minimum atomic E-state index is -0.387. The molecule has 3 rings (SSSR count). The summed E-state index contributed by atoms with van der Waals surface area (Å²) in [5.41, 5.74) is 1.24. The lowest BCUT2D eigenvalue weighted by Crippen LogP contribution is -2.23. The molecule has 27 heavy (non-hydrogen) atoms. The molecule has 0 aliphatic heterocycles. The maximum atomic E-state index is 12.3. The summed E-state index contributed by atoms with van der Waals surface area (Å²) >= 11 is 0. The molecule has 0 radical (unpaired) electrons. The van der Waals surface area contributed by atoms with Gasteiger partial charge >= 0.3 is 5.97 Å². The van der Waals surface area contributed by atoms with Gasteiger partial charge in [0.05, 0.1) is 12.2 Å². The predicted octanol–water partition coefficient (Wildman–Crippen LogP) is 3.65. The number of hydrogen-bond acceptors (Lipinski definition) is 6. The normalized spacial score (nSPS) is 14.4. The topological polar surface area (TPSA) is 93.2 Å². The molecule has 0 saturated heterocycles. The van der Waals surface area contributed by atoms with Crippen LogP contribution in [0.3, 0.4) is 0 Å². The van der Waals surface area contributed by atoms with Gasteiger partial charge in [0.2, 0.25) is 0 Å². The van der Waals surface area contributed by atoms with Crippen LogP contribution in [0.25, 0.3) is 0 Å². The van der Waals surface area contributed by atoms with Crippen LogP contribution in [0.15, 0.2) is 36.4 Å². The second-order valence-electron chi connectivity index (χ2n) is 6.54. The standard InChI is InChI=1S/C20H24N4O3/c1-2-27-20(26)14-8-10-16(11-9-14)22-19(25)17-12-13-18(24-23-17)21-15-6-4-3-5-7-15/h8-13,15H,2-7H2,1H3,(H,21,24)(H,22,25). The van der Waals surface area contributed by atoms with Crippen molar-refractivity contribution < 1.29 is 14.3 Å². The van der Waals surface area contributed by atoms with Crippen molar-refractivity contribution in [3.05, 3.63) is 47.7 Å². The molecule has 142 valence electrons. The SMILES string of the molecule is CCOC(=O)c1ccc(NC(=O)c2ccc(NC3CCCCC3)nn2)cc1. The maximum absolute atomic E-state index is 12.3. The smallest absolute Gasteiger partial charge is 0.338 e. The number of hydrogen-bond donors (Lipinski definition) is 2. The van der Waals surface area contributed by atoms with Gasteiger partial charge in [-0.25, -0.2) is 4.79 Å². The molecule has 1 aliphatic rings. The molecule has 1 amide bonds. The van der Waals surface area contributed by atoms with Gasteiger partial charge in [0, 0.05) is 11.7 Å². The number of esters is 1. The van der Waals surface area contributed by atoms with E-state index in [9.17, 15) is 9.59 Å². The molecule has 1 fully saturated rings. The Kier molecular flexibility index (Phi) is 6.35. The molecule has 2 aromatic rings. The highest BCUT2D eigenvalue weighted by Gasteiger charge is 2.15. The van der Waals surface area contributed by atoms with Gasteiger partial charge in [-0.3, -0.25) is 4.79 Å². The molecule has 0 spiro atoms. The number of anilines is 2. The Morgan fingerprint density at radius 1 is 1.04 bits per heavy atom. The number of carbonyl (C=O) groups is 2. The average Bonchev–Trinajstić information content (AvgIpc) is 2.70. The van der Waals surface area contributed by atoms with Gasteiger partial charge in [0.25, 0.3) is 5.91 Å². The Hall–Kier alpha value is -2.96. The van der Waals surface area contributed by atoms with Gasteiger partial charge in [-0.05, 0) is 56.2 Å². The first-order chi connectivity index (χ1) is 13.2. The Bertz CT molecular complexity index is 769. The van der Waals surface area contributed by atoms with Crippen LogP contribution in [-0.4, -0.2) is 34.7 Å². The van der Waals surface area contributed by atoms with Crippen LogP contribution in [0.1, 0.15) is 59.9 Å². The molecule has 0 bridgehead atoms. The Labute approximate surface area is 158 Å². The van der Waals surface area contributed by atoms with Crippen molar-refractivity contribution in [3.63, 3.8) is 0 Å². The summed E-state index contributed by atoms with van der Waals surface area (Å²) in [6, 6.07) is 10.4.